The molecule has 1 fully saturated rings. The molecule has 9 heteroatoms. The lowest BCUT2D eigenvalue weighted by Gasteiger charge is -2.31. The number of carboxylic acids is 1. The van der Waals surface area contributed by atoms with Crippen LogP contribution in [0.3, 0.4) is 0 Å². The van der Waals surface area contributed by atoms with E-state index in [1.165, 1.54) is 6.92 Å². The van der Waals surface area contributed by atoms with Crippen LogP contribution in [0.25, 0.3) is 0 Å². The topological polar surface area (TPSA) is 116 Å². The van der Waals surface area contributed by atoms with Crippen LogP contribution in [0.1, 0.15) is 62.3 Å². The lowest BCUT2D eigenvalue weighted by molar-refractivity contribution is -0.143. The molecule has 1 aromatic rings. The van der Waals surface area contributed by atoms with Gasteiger partial charge < -0.3 is 20.6 Å². The zero-order valence-electron chi connectivity index (χ0n) is 18.3. The van der Waals surface area contributed by atoms with Crippen LogP contribution in [0.15, 0.2) is 24.3 Å². The highest BCUT2D eigenvalue weighted by Crippen LogP contribution is 2.56. The number of thioether (sulfide) groups is 1. The Morgan fingerprint density at radius 2 is 1.84 bits per heavy atom. The molecule has 2 heterocycles. The van der Waals surface area contributed by atoms with Crippen molar-refractivity contribution in [3.8, 4) is 0 Å². The number of hydrogen-bond donors (Lipinski definition) is 3. The van der Waals surface area contributed by atoms with Gasteiger partial charge in [0.05, 0.1) is 0 Å². The summed E-state index contributed by atoms with van der Waals surface area (Å²) in [6.07, 6.45) is 0.588. The number of carbonyl (C=O) groups is 4. The fraction of sp³-hybridized carbons (Fsp3) is 0.545. The molecule has 5 atom stereocenters. The van der Waals surface area contributed by atoms with Gasteiger partial charge in [-0.05, 0) is 38.3 Å². The van der Waals surface area contributed by atoms with Crippen molar-refractivity contribution in [2.75, 3.05) is 0 Å². The van der Waals surface area contributed by atoms with Gasteiger partial charge in [0.15, 0.2) is 0 Å². The number of benzene rings is 1. The van der Waals surface area contributed by atoms with Crippen LogP contribution in [-0.4, -0.2) is 56.6 Å². The van der Waals surface area contributed by atoms with Gasteiger partial charge in [-0.2, -0.15) is 0 Å². The van der Waals surface area contributed by atoms with Gasteiger partial charge in [-0.3, -0.25) is 14.4 Å². The molecule has 0 aliphatic carbocycles. The van der Waals surface area contributed by atoms with E-state index >= 15 is 0 Å². The maximum Gasteiger partial charge on any atom is 0.326 e. The molecule has 0 saturated carbocycles. The number of rotatable bonds is 7. The van der Waals surface area contributed by atoms with Crippen molar-refractivity contribution >= 4 is 35.5 Å². The number of hydrogen-bond acceptors (Lipinski definition) is 5. The van der Waals surface area contributed by atoms with Crippen molar-refractivity contribution in [2.24, 2.45) is 5.92 Å². The third kappa shape index (κ3) is 4.15. The molecule has 2 aliphatic heterocycles. The van der Waals surface area contributed by atoms with E-state index in [0.717, 1.165) is 5.56 Å². The fourth-order valence-corrected chi connectivity index (χ4v) is 5.71. The number of nitrogens with one attached hydrogen (secondary N) is 2. The number of carbonyl (C=O) groups excluding carboxylic acids is 3. The van der Waals surface area contributed by atoms with E-state index in [1.54, 1.807) is 35.7 Å². The van der Waals surface area contributed by atoms with Crippen LogP contribution in [-0.2, 0) is 14.4 Å². The SMILES string of the molecule is CC[C@@H](C)[C@H](NC(=O)[C@H](C)NC(=O)[C@H]1N2C(=O)c3ccccc3[C@@H]2SC1(C)C)C(=O)O. The Balaban J connectivity index is 1.74. The predicted octanol–water partition coefficient (Wildman–Crippen LogP) is 2.16. The van der Waals surface area contributed by atoms with Crippen LogP contribution in [0.4, 0.5) is 0 Å². The number of fused-ring (bicyclic) bond motifs is 3. The summed E-state index contributed by atoms with van der Waals surface area (Å²) in [5, 5.41) is 14.3. The van der Waals surface area contributed by atoms with Crippen LogP contribution in [0, 0.1) is 5.92 Å². The maximum atomic E-state index is 13.2. The summed E-state index contributed by atoms with van der Waals surface area (Å²) in [5.74, 6) is -2.57. The average molecular weight is 448 g/mol. The number of carboxylic acid groups (broad SMARTS) is 1. The number of aliphatic carboxylic acids is 1. The zero-order chi connectivity index (χ0) is 23.1. The number of nitrogens with zero attached hydrogens (tertiary/aromatic N) is 1. The second-order valence-electron chi connectivity index (χ2n) is 8.72. The Bertz CT molecular complexity index is 918. The van der Waals surface area contributed by atoms with Crippen molar-refractivity contribution in [3.63, 3.8) is 0 Å². The monoisotopic (exact) mass is 447 g/mol. The van der Waals surface area contributed by atoms with Crippen molar-refractivity contribution in [2.45, 2.75) is 69.3 Å². The summed E-state index contributed by atoms with van der Waals surface area (Å²) < 4.78 is -0.561. The zero-order valence-corrected chi connectivity index (χ0v) is 19.2. The highest BCUT2D eigenvalue weighted by atomic mass is 32.2. The second kappa shape index (κ2) is 8.53. The van der Waals surface area contributed by atoms with Crippen molar-refractivity contribution in [1.29, 1.82) is 0 Å². The molecule has 3 amide bonds. The molecule has 2 aliphatic rings. The van der Waals surface area contributed by atoms with Gasteiger partial charge in [-0.15, -0.1) is 11.8 Å². The van der Waals surface area contributed by atoms with Crippen LogP contribution in [0.2, 0.25) is 0 Å². The quantitative estimate of drug-likeness (QED) is 0.590. The van der Waals surface area contributed by atoms with Gasteiger partial charge in [-0.1, -0.05) is 38.5 Å². The van der Waals surface area contributed by atoms with E-state index in [2.05, 4.69) is 10.6 Å². The van der Waals surface area contributed by atoms with Gasteiger partial charge in [-0.25, -0.2) is 4.79 Å². The molecule has 168 valence electrons. The normalized spacial score (nSPS) is 24.0. The molecule has 0 unspecified atom stereocenters. The van der Waals surface area contributed by atoms with Crippen LogP contribution < -0.4 is 10.6 Å². The van der Waals surface area contributed by atoms with E-state index in [1.807, 2.05) is 32.9 Å². The standard InChI is InChI=1S/C22H29N3O5S/c1-6-11(2)15(21(29)30)24-17(26)12(3)23-18(27)16-22(4,5)31-20-14-10-8-7-9-13(14)19(28)25(16)20/h7-12,15-16,20H,6H2,1-5H3,(H,23,27)(H,24,26)(H,29,30)/t11-,12+,15+,16-,20+/m1/s1. The smallest absolute Gasteiger partial charge is 0.326 e. The largest absolute Gasteiger partial charge is 0.480 e. The molecule has 0 aromatic heterocycles. The molecule has 1 saturated heterocycles. The lowest BCUT2D eigenvalue weighted by atomic mass is 9.98. The van der Waals surface area contributed by atoms with Gasteiger partial charge >= 0.3 is 5.97 Å². The molecule has 0 spiro atoms. The molecular weight excluding hydrogens is 418 g/mol. The molecule has 0 radical (unpaired) electrons. The van der Waals surface area contributed by atoms with Gasteiger partial charge in [0.1, 0.15) is 23.5 Å². The molecule has 3 N–H and O–H groups in total. The van der Waals surface area contributed by atoms with Gasteiger partial charge in [0.2, 0.25) is 11.8 Å². The van der Waals surface area contributed by atoms with E-state index in [-0.39, 0.29) is 17.2 Å². The Labute approximate surface area is 186 Å². The van der Waals surface area contributed by atoms with Gasteiger partial charge in [0, 0.05) is 10.3 Å². The van der Waals surface area contributed by atoms with E-state index in [0.29, 0.717) is 12.0 Å². The maximum absolute atomic E-state index is 13.2. The Kier molecular flexibility index (Phi) is 6.36. The van der Waals surface area contributed by atoms with Crippen LogP contribution >= 0.6 is 11.8 Å². The first kappa shape index (κ1) is 23.1. The third-order valence-corrected chi connectivity index (χ3v) is 7.61. The molecule has 1 aromatic carbocycles. The first-order valence-electron chi connectivity index (χ1n) is 10.4. The van der Waals surface area contributed by atoms with E-state index < -0.39 is 40.7 Å². The van der Waals surface area contributed by atoms with Crippen LogP contribution in [0.5, 0.6) is 0 Å². The second-order valence-corrected chi connectivity index (χ2v) is 10.5. The summed E-state index contributed by atoms with van der Waals surface area (Å²) in [6.45, 7) is 8.92. The molecule has 0 bridgehead atoms. The number of amides is 3. The Morgan fingerprint density at radius 1 is 1.19 bits per heavy atom. The summed E-state index contributed by atoms with van der Waals surface area (Å²) >= 11 is 1.54. The molecule has 8 nitrogen and oxygen atoms in total. The Hall–Kier alpha value is -2.55. The fourth-order valence-electron chi connectivity index (χ4n) is 4.12. The minimum atomic E-state index is -1.11. The Morgan fingerprint density at radius 3 is 2.45 bits per heavy atom. The van der Waals surface area contributed by atoms with E-state index in [9.17, 15) is 24.3 Å². The summed E-state index contributed by atoms with van der Waals surface area (Å²) in [5.41, 5.74) is 1.49. The lowest BCUT2D eigenvalue weighted by Crippen LogP contribution is -2.58. The molecule has 31 heavy (non-hydrogen) atoms. The average Bonchev–Trinajstić information content (AvgIpc) is 3.14. The van der Waals surface area contributed by atoms with Crippen molar-refractivity contribution in [3.05, 3.63) is 35.4 Å². The van der Waals surface area contributed by atoms with E-state index in [4.69, 9.17) is 0 Å². The minimum absolute atomic E-state index is 0.196. The summed E-state index contributed by atoms with van der Waals surface area (Å²) in [7, 11) is 0. The summed E-state index contributed by atoms with van der Waals surface area (Å²) in [4.78, 5) is 51.9. The minimum Gasteiger partial charge on any atom is -0.480 e. The molecule has 3 rings (SSSR count). The first-order chi connectivity index (χ1) is 14.5. The highest BCUT2D eigenvalue weighted by Gasteiger charge is 2.57. The predicted molar refractivity (Wildman–Crippen MR) is 117 cm³/mol. The molecular formula is C22H29N3O5S. The van der Waals surface area contributed by atoms with Crippen molar-refractivity contribution in [1.82, 2.24) is 15.5 Å². The third-order valence-electron chi connectivity index (χ3n) is 6.07. The highest BCUT2D eigenvalue weighted by molar-refractivity contribution is 8.01. The van der Waals surface area contributed by atoms with Gasteiger partial charge in [0.25, 0.3) is 5.91 Å². The summed E-state index contributed by atoms with van der Waals surface area (Å²) in [6, 6.07) is 4.59. The van der Waals surface area contributed by atoms with Crippen molar-refractivity contribution < 1.29 is 24.3 Å². The first-order valence-corrected chi connectivity index (χ1v) is 11.3.